The lowest BCUT2D eigenvalue weighted by atomic mass is 10.0. The maximum Gasteiger partial charge on any atom is 0.264 e. The van der Waals surface area contributed by atoms with E-state index in [0.717, 1.165) is 5.69 Å². The monoisotopic (exact) mass is 370 g/mol. The first-order chi connectivity index (χ1) is 13.1. The molecule has 8 heteroatoms. The van der Waals surface area contributed by atoms with Crippen LogP contribution in [-0.2, 0) is 21.0 Å². The zero-order valence-electron chi connectivity index (χ0n) is 14.5. The number of benzene rings is 1. The van der Waals surface area contributed by atoms with E-state index in [1.165, 1.54) is 6.07 Å². The third-order valence-electron chi connectivity index (χ3n) is 3.99. The Hall–Kier alpha value is -3.29. The number of rotatable bonds is 7. The Bertz CT molecular complexity index is 842. The van der Waals surface area contributed by atoms with Gasteiger partial charge < -0.3 is 15.5 Å². The van der Waals surface area contributed by atoms with Crippen molar-refractivity contribution in [1.29, 1.82) is 0 Å². The molecule has 0 aliphatic carbocycles. The highest BCUT2D eigenvalue weighted by Gasteiger charge is 2.29. The molecule has 7 nitrogen and oxygen atoms in total. The van der Waals surface area contributed by atoms with Crippen molar-refractivity contribution in [3.05, 3.63) is 65.7 Å². The molecule has 0 radical (unpaired) electrons. The Morgan fingerprint density at radius 1 is 1.15 bits per heavy atom. The van der Waals surface area contributed by atoms with Crippen molar-refractivity contribution in [2.75, 3.05) is 6.54 Å². The lowest BCUT2D eigenvalue weighted by Gasteiger charge is -2.09. The summed E-state index contributed by atoms with van der Waals surface area (Å²) in [7, 11) is 0. The highest BCUT2D eigenvalue weighted by atomic mass is 19.1. The number of nitrogens with one attached hydrogen (secondary N) is 2. The molecule has 0 saturated heterocycles. The standard InChI is InChI=1S/C19H19FN4O3/c20-15-7-2-1-6-14(15)16-11-17(27-24-16)19(26)22-10-8-18(25)23-12-13-5-3-4-9-21-13/h1-7,9,17H,8,10-12H2,(H,22,26)(H,23,25). The molecule has 0 fully saturated rings. The number of nitrogens with zero attached hydrogens (tertiary/aromatic N) is 2. The molecule has 1 unspecified atom stereocenters. The van der Waals surface area contributed by atoms with Gasteiger partial charge in [-0.2, -0.15) is 0 Å². The van der Waals surface area contributed by atoms with Gasteiger partial charge in [-0.25, -0.2) is 4.39 Å². The fraction of sp³-hybridized carbons (Fsp3) is 0.263. The van der Waals surface area contributed by atoms with E-state index in [-0.39, 0.29) is 31.2 Å². The van der Waals surface area contributed by atoms with Gasteiger partial charge in [-0.05, 0) is 18.2 Å². The number of hydrogen-bond acceptors (Lipinski definition) is 5. The molecule has 2 aromatic rings. The summed E-state index contributed by atoms with van der Waals surface area (Å²) in [6.07, 6.45) is 1.14. The number of halogens is 1. The van der Waals surface area contributed by atoms with Crippen LogP contribution in [0, 0.1) is 5.82 Å². The van der Waals surface area contributed by atoms with E-state index >= 15 is 0 Å². The zero-order valence-corrected chi connectivity index (χ0v) is 14.5. The van der Waals surface area contributed by atoms with Gasteiger partial charge in [-0.15, -0.1) is 0 Å². The number of hydrogen-bond donors (Lipinski definition) is 2. The van der Waals surface area contributed by atoms with Gasteiger partial charge in [0.25, 0.3) is 5.91 Å². The van der Waals surface area contributed by atoms with Crippen molar-refractivity contribution >= 4 is 17.5 Å². The van der Waals surface area contributed by atoms with Crippen LogP contribution in [-0.4, -0.2) is 35.2 Å². The topological polar surface area (TPSA) is 92.7 Å². The first-order valence-electron chi connectivity index (χ1n) is 8.55. The predicted molar refractivity (Wildman–Crippen MR) is 96.1 cm³/mol. The minimum Gasteiger partial charge on any atom is -0.382 e. The minimum atomic E-state index is -0.823. The molecule has 1 aliphatic rings. The van der Waals surface area contributed by atoms with Crippen molar-refractivity contribution in [2.24, 2.45) is 5.16 Å². The number of carbonyl (C=O) groups excluding carboxylic acids is 2. The Kier molecular flexibility index (Phi) is 6.09. The van der Waals surface area contributed by atoms with Crippen molar-refractivity contribution in [3.63, 3.8) is 0 Å². The molecule has 0 spiro atoms. The van der Waals surface area contributed by atoms with Gasteiger partial charge in [-0.3, -0.25) is 14.6 Å². The Morgan fingerprint density at radius 2 is 1.96 bits per heavy atom. The summed E-state index contributed by atoms with van der Waals surface area (Å²) in [6.45, 7) is 0.501. The molecule has 2 N–H and O–H groups in total. The van der Waals surface area contributed by atoms with Gasteiger partial charge in [0.1, 0.15) is 5.82 Å². The van der Waals surface area contributed by atoms with Gasteiger partial charge in [0.15, 0.2) is 0 Å². The van der Waals surface area contributed by atoms with E-state index in [2.05, 4.69) is 20.8 Å². The summed E-state index contributed by atoms with van der Waals surface area (Å²) in [5, 5.41) is 9.17. The van der Waals surface area contributed by atoms with Gasteiger partial charge >= 0.3 is 0 Å². The minimum absolute atomic E-state index is 0.131. The lowest BCUT2D eigenvalue weighted by Crippen LogP contribution is -2.37. The van der Waals surface area contributed by atoms with Crippen LogP contribution < -0.4 is 10.6 Å². The molecule has 2 heterocycles. The molecule has 1 aromatic heterocycles. The second-order valence-electron chi connectivity index (χ2n) is 5.95. The quantitative estimate of drug-likeness (QED) is 0.773. The smallest absolute Gasteiger partial charge is 0.264 e. The van der Waals surface area contributed by atoms with E-state index in [1.807, 2.05) is 12.1 Å². The third kappa shape index (κ3) is 5.10. The largest absolute Gasteiger partial charge is 0.382 e. The fourth-order valence-corrected chi connectivity index (χ4v) is 2.57. The van der Waals surface area contributed by atoms with Crippen molar-refractivity contribution in [3.8, 4) is 0 Å². The van der Waals surface area contributed by atoms with Gasteiger partial charge in [0.2, 0.25) is 12.0 Å². The van der Waals surface area contributed by atoms with E-state index in [9.17, 15) is 14.0 Å². The maximum atomic E-state index is 13.8. The van der Waals surface area contributed by atoms with Crippen LogP contribution in [0.2, 0.25) is 0 Å². The summed E-state index contributed by atoms with van der Waals surface area (Å²) in [5.41, 5.74) is 1.47. The van der Waals surface area contributed by atoms with Crippen molar-refractivity contribution < 1.29 is 18.8 Å². The third-order valence-corrected chi connectivity index (χ3v) is 3.99. The number of aromatic nitrogens is 1. The second-order valence-corrected chi connectivity index (χ2v) is 5.95. The molecule has 2 amide bonds. The highest BCUT2D eigenvalue weighted by molar-refractivity contribution is 6.04. The van der Waals surface area contributed by atoms with Crippen molar-refractivity contribution in [2.45, 2.75) is 25.5 Å². The number of carbonyl (C=O) groups is 2. The SMILES string of the molecule is O=C(CCNC(=O)C1CC(c2ccccc2F)=NO1)NCc1ccccn1. The average molecular weight is 370 g/mol. The molecular weight excluding hydrogens is 351 g/mol. The highest BCUT2D eigenvalue weighted by Crippen LogP contribution is 2.18. The lowest BCUT2D eigenvalue weighted by molar-refractivity contribution is -0.131. The number of pyridine rings is 1. The maximum absolute atomic E-state index is 13.8. The first-order valence-corrected chi connectivity index (χ1v) is 8.55. The molecular formula is C19H19FN4O3. The normalized spacial score (nSPS) is 15.6. The van der Waals surface area contributed by atoms with Crippen molar-refractivity contribution in [1.82, 2.24) is 15.6 Å². The summed E-state index contributed by atoms with van der Waals surface area (Å²) in [6, 6.07) is 11.6. The van der Waals surface area contributed by atoms with E-state index < -0.39 is 11.9 Å². The van der Waals surface area contributed by atoms with E-state index in [0.29, 0.717) is 17.8 Å². The van der Waals surface area contributed by atoms with Crippen LogP contribution in [0.4, 0.5) is 4.39 Å². The molecule has 1 atom stereocenters. The van der Waals surface area contributed by atoms with Crippen LogP contribution in [0.15, 0.2) is 53.8 Å². The summed E-state index contributed by atoms with van der Waals surface area (Å²) in [5.74, 6) is -0.996. The summed E-state index contributed by atoms with van der Waals surface area (Å²) >= 11 is 0. The molecule has 27 heavy (non-hydrogen) atoms. The van der Waals surface area contributed by atoms with Gasteiger partial charge in [0.05, 0.1) is 18.0 Å². The molecule has 0 bridgehead atoms. The Morgan fingerprint density at radius 3 is 2.74 bits per heavy atom. The van der Waals surface area contributed by atoms with E-state index in [4.69, 9.17) is 4.84 Å². The molecule has 1 aliphatic heterocycles. The van der Waals surface area contributed by atoms with Gasteiger partial charge in [-0.1, -0.05) is 29.4 Å². The number of amides is 2. The zero-order chi connectivity index (χ0) is 19.1. The van der Waals surface area contributed by atoms with Crippen LogP contribution in [0.1, 0.15) is 24.1 Å². The molecule has 0 saturated carbocycles. The number of oxime groups is 1. The summed E-state index contributed by atoms with van der Waals surface area (Å²) in [4.78, 5) is 33.1. The Balaban J connectivity index is 1.38. The van der Waals surface area contributed by atoms with Gasteiger partial charge in [0, 0.05) is 31.1 Å². The average Bonchev–Trinajstić information content (AvgIpc) is 3.17. The van der Waals surface area contributed by atoms with Crippen LogP contribution >= 0.6 is 0 Å². The van der Waals surface area contributed by atoms with Crippen LogP contribution in [0.25, 0.3) is 0 Å². The fourth-order valence-electron chi connectivity index (χ4n) is 2.57. The molecule has 1 aromatic carbocycles. The second kappa shape index (κ2) is 8.88. The van der Waals surface area contributed by atoms with Crippen LogP contribution in [0.3, 0.4) is 0 Å². The summed E-state index contributed by atoms with van der Waals surface area (Å²) < 4.78 is 13.8. The molecule has 140 valence electrons. The van der Waals surface area contributed by atoms with Crippen LogP contribution in [0.5, 0.6) is 0 Å². The van der Waals surface area contributed by atoms with E-state index in [1.54, 1.807) is 30.5 Å². The Labute approximate surface area is 155 Å². The first kappa shape index (κ1) is 18.5. The molecule has 3 rings (SSSR count). The predicted octanol–water partition coefficient (Wildman–Crippen LogP) is 1.54.